The summed E-state index contributed by atoms with van der Waals surface area (Å²) in [6.07, 6.45) is 0. The van der Waals surface area contributed by atoms with Crippen molar-refractivity contribution in [1.29, 1.82) is 0 Å². The highest BCUT2D eigenvalue weighted by atomic mass is 32.2. The summed E-state index contributed by atoms with van der Waals surface area (Å²) in [4.78, 5) is 0. The zero-order chi connectivity index (χ0) is 14.8. The van der Waals surface area contributed by atoms with E-state index >= 15 is 0 Å². The molecular formula is C15H20N2O2S. The van der Waals surface area contributed by atoms with E-state index in [1.807, 2.05) is 49.4 Å². The van der Waals surface area contributed by atoms with Crippen molar-refractivity contribution in [3.05, 3.63) is 42.5 Å². The number of sulfonamides is 1. The second-order valence-corrected chi connectivity index (χ2v) is 7.03. The number of anilines is 1. The highest BCUT2D eigenvalue weighted by Crippen LogP contribution is 2.29. The van der Waals surface area contributed by atoms with E-state index in [1.165, 1.54) is 4.31 Å². The van der Waals surface area contributed by atoms with Gasteiger partial charge < -0.3 is 5.73 Å². The van der Waals surface area contributed by atoms with Crippen LogP contribution in [0.2, 0.25) is 0 Å². The molecule has 1 unspecified atom stereocenters. The predicted octanol–water partition coefficient (Wildman–Crippen LogP) is 2.34. The molecule has 2 aromatic rings. The van der Waals surface area contributed by atoms with Gasteiger partial charge in [0.25, 0.3) is 0 Å². The Hall–Kier alpha value is -1.59. The molecule has 0 fully saturated rings. The molecule has 4 nitrogen and oxygen atoms in total. The van der Waals surface area contributed by atoms with Gasteiger partial charge in [0, 0.05) is 18.5 Å². The van der Waals surface area contributed by atoms with Gasteiger partial charge in [-0.05, 0) is 25.3 Å². The molecule has 2 aromatic carbocycles. The van der Waals surface area contributed by atoms with E-state index in [9.17, 15) is 8.42 Å². The average molecular weight is 292 g/mol. The zero-order valence-corrected chi connectivity index (χ0v) is 12.6. The quantitative estimate of drug-likeness (QED) is 0.920. The van der Waals surface area contributed by atoms with Crippen molar-refractivity contribution in [3.8, 4) is 0 Å². The normalized spacial score (nSPS) is 13.3. The Labute approximate surface area is 120 Å². The third kappa shape index (κ3) is 2.51. The third-order valence-electron chi connectivity index (χ3n) is 3.47. The van der Waals surface area contributed by atoms with E-state index in [0.717, 1.165) is 10.8 Å². The molecule has 0 aliphatic rings. The summed E-state index contributed by atoms with van der Waals surface area (Å²) in [6.45, 7) is 3.98. The van der Waals surface area contributed by atoms with Gasteiger partial charge >= 0.3 is 0 Å². The first kappa shape index (κ1) is 14.8. The van der Waals surface area contributed by atoms with Crippen LogP contribution in [0.3, 0.4) is 0 Å². The number of benzene rings is 2. The molecule has 0 spiro atoms. The number of hydrogen-bond acceptors (Lipinski definition) is 3. The molecular weight excluding hydrogens is 272 g/mol. The Morgan fingerprint density at radius 2 is 1.80 bits per heavy atom. The topological polar surface area (TPSA) is 63.4 Å². The van der Waals surface area contributed by atoms with Crippen LogP contribution in [0.15, 0.2) is 42.5 Å². The molecule has 0 aliphatic carbocycles. The maximum atomic E-state index is 12.6. The minimum Gasteiger partial charge on any atom is -0.329 e. The lowest BCUT2D eigenvalue weighted by molar-refractivity contribution is 0.580. The first-order valence-corrected chi connectivity index (χ1v) is 8.22. The molecule has 0 heterocycles. The highest BCUT2D eigenvalue weighted by Gasteiger charge is 2.27. The molecule has 1 atom stereocenters. The summed E-state index contributed by atoms with van der Waals surface area (Å²) >= 11 is 0. The van der Waals surface area contributed by atoms with Gasteiger partial charge in [0.1, 0.15) is 0 Å². The van der Waals surface area contributed by atoms with Gasteiger partial charge in [-0.2, -0.15) is 0 Å². The fourth-order valence-corrected chi connectivity index (χ4v) is 3.72. The Morgan fingerprint density at radius 1 is 1.15 bits per heavy atom. The molecule has 0 amide bonds. The third-order valence-corrected chi connectivity index (χ3v) is 5.75. The first-order chi connectivity index (χ1) is 9.52. The van der Waals surface area contributed by atoms with Crippen molar-refractivity contribution in [1.82, 2.24) is 0 Å². The van der Waals surface area contributed by atoms with Gasteiger partial charge in [-0.15, -0.1) is 0 Å². The van der Waals surface area contributed by atoms with Crippen LogP contribution in [-0.2, 0) is 10.0 Å². The number of rotatable bonds is 5. The van der Waals surface area contributed by atoms with E-state index < -0.39 is 15.3 Å². The summed E-state index contributed by atoms with van der Waals surface area (Å²) in [5, 5.41) is 1.37. The molecule has 108 valence electrons. The lowest BCUT2D eigenvalue weighted by Crippen LogP contribution is -2.40. The van der Waals surface area contributed by atoms with Crippen molar-refractivity contribution < 1.29 is 8.42 Å². The number of nitrogens with two attached hydrogens (primary N) is 1. The molecule has 0 bridgehead atoms. The number of nitrogens with zero attached hydrogens (tertiary/aromatic N) is 1. The van der Waals surface area contributed by atoms with Crippen LogP contribution in [0.4, 0.5) is 5.69 Å². The van der Waals surface area contributed by atoms with E-state index in [0.29, 0.717) is 12.2 Å². The molecule has 0 aromatic heterocycles. The molecule has 2 N–H and O–H groups in total. The van der Waals surface area contributed by atoms with Gasteiger partial charge in [0.15, 0.2) is 0 Å². The smallest absolute Gasteiger partial charge is 0.239 e. The van der Waals surface area contributed by atoms with Gasteiger partial charge in [-0.1, -0.05) is 36.4 Å². The van der Waals surface area contributed by atoms with E-state index in [-0.39, 0.29) is 6.54 Å². The SMILES string of the molecule is CCN(c1cccc2ccccc12)S(=O)(=O)C(C)CN. The number of fused-ring (bicyclic) bond motifs is 1. The van der Waals surface area contributed by atoms with Crippen molar-refractivity contribution >= 4 is 26.5 Å². The first-order valence-electron chi connectivity index (χ1n) is 6.71. The zero-order valence-electron chi connectivity index (χ0n) is 11.8. The Morgan fingerprint density at radius 3 is 2.45 bits per heavy atom. The molecule has 2 rings (SSSR count). The Kier molecular flexibility index (Phi) is 4.30. The van der Waals surface area contributed by atoms with E-state index in [1.54, 1.807) is 6.92 Å². The minimum atomic E-state index is -3.44. The van der Waals surface area contributed by atoms with Gasteiger partial charge in [-0.3, -0.25) is 4.31 Å². The van der Waals surface area contributed by atoms with Crippen molar-refractivity contribution in [3.63, 3.8) is 0 Å². The van der Waals surface area contributed by atoms with Gasteiger partial charge in [-0.25, -0.2) is 8.42 Å². The second kappa shape index (κ2) is 5.81. The van der Waals surface area contributed by atoms with E-state index in [4.69, 9.17) is 5.73 Å². The Balaban J connectivity index is 2.61. The molecule has 0 saturated heterocycles. The van der Waals surface area contributed by atoms with Crippen LogP contribution in [0.25, 0.3) is 10.8 Å². The van der Waals surface area contributed by atoms with Crippen LogP contribution in [0, 0.1) is 0 Å². The lowest BCUT2D eigenvalue weighted by atomic mass is 10.1. The fraction of sp³-hybridized carbons (Fsp3) is 0.333. The lowest BCUT2D eigenvalue weighted by Gasteiger charge is -2.27. The van der Waals surface area contributed by atoms with Crippen molar-refractivity contribution in [2.24, 2.45) is 5.73 Å². The summed E-state index contributed by atoms with van der Waals surface area (Å²) in [7, 11) is -3.44. The molecule has 0 radical (unpaired) electrons. The summed E-state index contributed by atoms with van der Waals surface area (Å²) in [6, 6.07) is 13.5. The molecule has 5 heteroatoms. The standard InChI is InChI=1S/C15H20N2O2S/c1-3-17(20(18,19)12(2)11-16)15-10-6-8-13-7-4-5-9-14(13)15/h4-10,12H,3,11,16H2,1-2H3. The summed E-state index contributed by atoms with van der Waals surface area (Å²) < 4.78 is 26.6. The largest absolute Gasteiger partial charge is 0.329 e. The summed E-state index contributed by atoms with van der Waals surface area (Å²) in [5.41, 5.74) is 6.25. The van der Waals surface area contributed by atoms with Crippen LogP contribution in [0.1, 0.15) is 13.8 Å². The number of hydrogen-bond donors (Lipinski definition) is 1. The van der Waals surface area contributed by atoms with Gasteiger partial charge in [0.2, 0.25) is 10.0 Å². The van der Waals surface area contributed by atoms with Crippen LogP contribution in [0.5, 0.6) is 0 Å². The van der Waals surface area contributed by atoms with Crippen LogP contribution >= 0.6 is 0 Å². The molecule has 0 saturated carbocycles. The molecule has 0 aliphatic heterocycles. The van der Waals surface area contributed by atoms with Crippen molar-refractivity contribution in [2.45, 2.75) is 19.1 Å². The monoisotopic (exact) mass is 292 g/mol. The Bertz CT molecular complexity index is 693. The van der Waals surface area contributed by atoms with Crippen LogP contribution < -0.4 is 10.0 Å². The molecule has 20 heavy (non-hydrogen) atoms. The minimum absolute atomic E-state index is 0.115. The van der Waals surface area contributed by atoms with Crippen LogP contribution in [-0.4, -0.2) is 26.8 Å². The average Bonchev–Trinajstić information content (AvgIpc) is 2.47. The maximum Gasteiger partial charge on any atom is 0.239 e. The van der Waals surface area contributed by atoms with E-state index in [2.05, 4.69) is 0 Å². The predicted molar refractivity (Wildman–Crippen MR) is 84.4 cm³/mol. The fourth-order valence-electron chi connectivity index (χ4n) is 2.25. The van der Waals surface area contributed by atoms with Gasteiger partial charge in [0.05, 0.1) is 10.9 Å². The second-order valence-electron chi connectivity index (χ2n) is 4.75. The summed E-state index contributed by atoms with van der Waals surface area (Å²) in [5.74, 6) is 0. The highest BCUT2D eigenvalue weighted by molar-refractivity contribution is 7.93. The maximum absolute atomic E-state index is 12.6. The van der Waals surface area contributed by atoms with Crippen molar-refractivity contribution in [2.75, 3.05) is 17.4 Å².